The Morgan fingerprint density at radius 2 is 1.59 bits per heavy atom. The molecule has 0 N–H and O–H groups in total. The number of piperazine rings is 1. The summed E-state index contributed by atoms with van der Waals surface area (Å²) >= 11 is 18.0. The number of benzene rings is 2. The van der Waals surface area contributed by atoms with Gasteiger partial charge in [-0.25, -0.2) is 8.42 Å². The molecule has 1 aliphatic rings. The lowest BCUT2D eigenvalue weighted by Gasteiger charge is -2.34. The van der Waals surface area contributed by atoms with Gasteiger partial charge in [-0.15, -0.1) is 0 Å². The molecule has 0 aromatic heterocycles. The van der Waals surface area contributed by atoms with E-state index < -0.39 is 10.0 Å². The van der Waals surface area contributed by atoms with Gasteiger partial charge in [-0.1, -0.05) is 53.0 Å². The van der Waals surface area contributed by atoms with Crippen LogP contribution >= 0.6 is 34.8 Å². The fraction of sp³-hybridized carbons (Fsp3) is 0.278. The Labute approximate surface area is 173 Å². The highest BCUT2D eigenvalue weighted by Crippen LogP contribution is 2.26. The third-order valence-electron chi connectivity index (χ3n) is 4.40. The largest absolute Gasteiger partial charge is 0.340 e. The molecule has 1 heterocycles. The van der Waals surface area contributed by atoms with Crippen LogP contribution < -0.4 is 0 Å². The number of nitrogens with zero attached hydrogens (tertiary/aromatic N) is 2. The van der Waals surface area contributed by atoms with Crippen molar-refractivity contribution >= 4 is 50.7 Å². The predicted octanol–water partition coefficient (Wildman–Crippen LogP) is 3.72. The van der Waals surface area contributed by atoms with Crippen LogP contribution in [0.3, 0.4) is 0 Å². The van der Waals surface area contributed by atoms with Gasteiger partial charge in [0.05, 0.1) is 11.4 Å². The van der Waals surface area contributed by atoms with Gasteiger partial charge in [-0.05, 0) is 29.8 Å². The molecule has 144 valence electrons. The molecule has 5 nitrogen and oxygen atoms in total. The minimum Gasteiger partial charge on any atom is -0.340 e. The van der Waals surface area contributed by atoms with Crippen molar-refractivity contribution in [3.8, 4) is 0 Å². The first-order valence-corrected chi connectivity index (χ1v) is 10.8. The molecule has 27 heavy (non-hydrogen) atoms. The van der Waals surface area contributed by atoms with Crippen LogP contribution in [0, 0.1) is 0 Å². The number of carbonyl (C=O) groups is 1. The second-order valence-electron chi connectivity index (χ2n) is 6.13. The second kappa shape index (κ2) is 8.37. The second-order valence-corrected chi connectivity index (χ2v) is 9.28. The van der Waals surface area contributed by atoms with Crippen molar-refractivity contribution in [2.75, 3.05) is 26.2 Å². The molecule has 1 amide bonds. The molecule has 0 radical (unpaired) electrons. The maximum atomic E-state index is 12.8. The number of halogens is 3. The van der Waals surface area contributed by atoms with Crippen LogP contribution in [0.5, 0.6) is 0 Å². The fourth-order valence-electron chi connectivity index (χ4n) is 2.91. The van der Waals surface area contributed by atoms with Crippen LogP contribution in [-0.2, 0) is 21.2 Å². The highest BCUT2D eigenvalue weighted by molar-refractivity contribution is 7.89. The van der Waals surface area contributed by atoms with Gasteiger partial charge >= 0.3 is 0 Å². The number of hydrogen-bond donors (Lipinski definition) is 0. The van der Waals surface area contributed by atoms with Gasteiger partial charge in [0.25, 0.3) is 0 Å². The normalized spacial score (nSPS) is 15.7. The van der Waals surface area contributed by atoms with Crippen LogP contribution in [-0.4, -0.2) is 49.7 Å². The molecular weight excluding hydrogens is 431 g/mol. The molecule has 0 spiro atoms. The van der Waals surface area contributed by atoms with Gasteiger partial charge in [0.2, 0.25) is 15.9 Å². The maximum Gasteiger partial charge on any atom is 0.244 e. The lowest BCUT2D eigenvalue weighted by Crippen LogP contribution is -2.50. The Balaban J connectivity index is 1.65. The SMILES string of the molecule is O=C(Cc1ccc(Cl)cc1Cl)N1CCN(S(=O)(=O)c2ccccc2Cl)CC1. The van der Waals surface area contributed by atoms with E-state index in [1.807, 2.05) is 0 Å². The van der Waals surface area contributed by atoms with Gasteiger partial charge < -0.3 is 4.90 Å². The highest BCUT2D eigenvalue weighted by Gasteiger charge is 2.31. The highest BCUT2D eigenvalue weighted by atomic mass is 35.5. The maximum absolute atomic E-state index is 12.8. The molecule has 0 bridgehead atoms. The number of hydrogen-bond acceptors (Lipinski definition) is 3. The first-order valence-electron chi connectivity index (χ1n) is 8.25. The molecule has 0 aliphatic carbocycles. The molecule has 2 aromatic rings. The summed E-state index contributed by atoms with van der Waals surface area (Å²) in [6.45, 7) is 1.06. The van der Waals surface area contributed by atoms with Crippen LogP contribution in [0.2, 0.25) is 15.1 Å². The Hall–Kier alpha value is -1.31. The lowest BCUT2D eigenvalue weighted by molar-refractivity contribution is -0.131. The van der Waals surface area contributed by atoms with Crippen molar-refractivity contribution in [3.63, 3.8) is 0 Å². The Morgan fingerprint density at radius 3 is 2.22 bits per heavy atom. The van der Waals surface area contributed by atoms with E-state index in [-0.39, 0.29) is 35.3 Å². The number of carbonyl (C=O) groups excluding carboxylic acids is 1. The van der Waals surface area contributed by atoms with E-state index in [1.165, 1.54) is 10.4 Å². The zero-order valence-electron chi connectivity index (χ0n) is 14.2. The van der Waals surface area contributed by atoms with E-state index in [2.05, 4.69) is 0 Å². The smallest absolute Gasteiger partial charge is 0.244 e. The van der Waals surface area contributed by atoms with Crippen LogP contribution in [0.4, 0.5) is 0 Å². The predicted molar refractivity (Wildman–Crippen MR) is 107 cm³/mol. The first-order chi connectivity index (χ1) is 12.8. The molecule has 2 aromatic carbocycles. The zero-order chi connectivity index (χ0) is 19.6. The molecule has 1 aliphatic heterocycles. The van der Waals surface area contributed by atoms with E-state index in [0.717, 1.165) is 0 Å². The van der Waals surface area contributed by atoms with Crippen molar-refractivity contribution in [1.29, 1.82) is 0 Å². The molecule has 1 fully saturated rings. The summed E-state index contributed by atoms with van der Waals surface area (Å²) < 4.78 is 26.9. The zero-order valence-corrected chi connectivity index (χ0v) is 17.3. The van der Waals surface area contributed by atoms with Crippen LogP contribution in [0.1, 0.15) is 5.56 Å². The van der Waals surface area contributed by atoms with E-state index in [0.29, 0.717) is 28.7 Å². The Morgan fingerprint density at radius 1 is 0.926 bits per heavy atom. The van der Waals surface area contributed by atoms with E-state index >= 15 is 0 Å². The Kier molecular flexibility index (Phi) is 6.33. The van der Waals surface area contributed by atoms with Crippen LogP contribution in [0.25, 0.3) is 0 Å². The van der Waals surface area contributed by atoms with Crippen molar-refractivity contribution < 1.29 is 13.2 Å². The summed E-state index contributed by atoms with van der Waals surface area (Å²) in [6.07, 6.45) is 0.146. The summed E-state index contributed by atoms with van der Waals surface area (Å²) in [5.74, 6) is -0.103. The molecular formula is C18H17Cl3N2O3S. The standard InChI is InChI=1S/C18H17Cl3N2O3S/c19-14-6-5-13(16(21)12-14)11-18(24)22-7-9-23(10-8-22)27(25,26)17-4-2-1-3-15(17)20/h1-6,12H,7-11H2. The lowest BCUT2D eigenvalue weighted by atomic mass is 10.1. The van der Waals surface area contributed by atoms with E-state index in [4.69, 9.17) is 34.8 Å². The van der Waals surface area contributed by atoms with Crippen molar-refractivity contribution in [1.82, 2.24) is 9.21 Å². The van der Waals surface area contributed by atoms with E-state index in [1.54, 1.807) is 41.3 Å². The first kappa shape index (κ1) is 20.4. The van der Waals surface area contributed by atoms with Crippen molar-refractivity contribution in [3.05, 3.63) is 63.1 Å². The summed E-state index contributed by atoms with van der Waals surface area (Å²) in [7, 11) is -3.68. The number of sulfonamides is 1. The minimum atomic E-state index is -3.68. The van der Waals surface area contributed by atoms with E-state index in [9.17, 15) is 13.2 Å². The minimum absolute atomic E-state index is 0.0828. The Bertz CT molecular complexity index is 958. The quantitative estimate of drug-likeness (QED) is 0.718. The molecule has 9 heteroatoms. The average molecular weight is 448 g/mol. The molecule has 0 atom stereocenters. The topological polar surface area (TPSA) is 57.7 Å². The summed E-state index contributed by atoms with van der Waals surface area (Å²) in [6, 6.07) is 11.3. The van der Waals surface area contributed by atoms with Gasteiger partial charge in [0.15, 0.2) is 0 Å². The number of amides is 1. The third-order valence-corrected chi connectivity index (χ3v) is 7.39. The fourth-order valence-corrected chi connectivity index (χ4v) is 5.30. The third kappa shape index (κ3) is 4.58. The summed E-state index contributed by atoms with van der Waals surface area (Å²) in [5.41, 5.74) is 0.692. The van der Waals surface area contributed by atoms with Crippen molar-refractivity contribution in [2.24, 2.45) is 0 Å². The number of rotatable bonds is 4. The van der Waals surface area contributed by atoms with Gasteiger partial charge in [-0.2, -0.15) is 4.31 Å². The molecule has 0 unspecified atom stereocenters. The average Bonchev–Trinajstić information content (AvgIpc) is 2.64. The van der Waals surface area contributed by atoms with Gasteiger partial charge in [0, 0.05) is 36.2 Å². The molecule has 1 saturated heterocycles. The summed E-state index contributed by atoms with van der Waals surface area (Å²) in [5, 5.41) is 1.14. The van der Waals surface area contributed by atoms with Gasteiger partial charge in [0.1, 0.15) is 4.90 Å². The molecule has 3 rings (SSSR count). The van der Waals surface area contributed by atoms with Crippen molar-refractivity contribution in [2.45, 2.75) is 11.3 Å². The summed E-state index contributed by atoms with van der Waals surface area (Å²) in [4.78, 5) is 14.3. The molecule has 0 saturated carbocycles. The van der Waals surface area contributed by atoms with Crippen LogP contribution in [0.15, 0.2) is 47.4 Å². The van der Waals surface area contributed by atoms with Gasteiger partial charge in [-0.3, -0.25) is 4.79 Å². The monoisotopic (exact) mass is 446 g/mol.